The molecule has 6 heteroatoms. The van der Waals surface area contributed by atoms with E-state index in [1.165, 1.54) is 0 Å². The van der Waals surface area contributed by atoms with Gasteiger partial charge in [-0.2, -0.15) is 5.26 Å². The number of amides is 1. The summed E-state index contributed by atoms with van der Waals surface area (Å²) in [5, 5.41) is 9.18. The molecule has 1 aliphatic heterocycles. The fourth-order valence-corrected chi connectivity index (χ4v) is 3.67. The van der Waals surface area contributed by atoms with Gasteiger partial charge in [0.05, 0.1) is 11.3 Å². The molecule has 1 aromatic rings. The molecule has 0 saturated carbocycles. The monoisotopic (exact) mass is 390 g/mol. The highest BCUT2D eigenvalue weighted by atomic mass is 79.9. The first kappa shape index (κ1) is 13.9. The molecule has 2 rings (SSSR count). The Morgan fingerprint density at radius 2 is 2.22 bits per heavy atom. The zero-order chi connectivity index (χ0) is 13.3. The first-order valence-electron chi connectivity index (χ1n) is 5.32. The van der Waals surface area contributed by atoms with Crippen LogP contribution in [0.4, 0.5) is 5.69 Å². The number of alkyl halides is 1. The molecule has 18 heavy (non-hydrogen) atoms. The Hall–Kier alpha value is -0.570. The minimum absolute atomic E-state index is 0.0140. The molecular weight excluding hydrogens is 383 g/mol. The van der Waals surface area contributed by atoms with Gasteiger partial charge >= 0.3 is 0 Å². The standard InChI is InChI=1S/C12H9Br2ClN2O/c13-9-2-8(5-16)12(10(14)3-9)17-6-7(4-15)1-11(17)18/h2-3,7H,1,4,6H2. The van der Waals surface area contributed by atoms with E-state index in [4.69, 9.17) is 11.6 Å². The fraction of sp³-hybridized carbons (Fsp3) is 0.333. The van der Waals surface area contributed by atoms with Gasteiger partial charge in [-0.25, -0.2) is 0 Å². The van der Waals surface area contributed by atoms with E-state index in [2.05, 4.69) is 37.9 Å². The average molecular weight is 392 g/mol. The van der Waals surface area contributed by atoms with E-state index in [-0.39, 0.29) is 11.8 Å². The van der Waals surface area contributed by atoms with E-state index < -0.39 is 0 Å². The first-order valence-corrected chi connectivity index (χ1v) is 7.44. The lowest BCUT2D eigenvalue weighted by molar-refractivity contribution is -0.117. The lowest BCUT2D eigenvalue weighted by atomic mass is 10.1. The number of carbonyl (C=O) groups excluding carboxylic acids is 1. The summed E-state index contributed by atoms with van der Waals surface area (Å²) < 4.78 is 1.53. The molecule has 1 heterocycles. The number of hydrogen-bond donors (Lipinski definition) is 0. The van der Waals surface area contributed by atoms with E-state index in [1.54, 1.807) is 11.0 Å². The molecule has 3 nitrogen and oxygen atoms in total. The number of benzene rings is 1. The number of carbonyl (C=O) groups is 1. The average Bonchev–Trinajstić information content (AvgIpc) is 2.69. The van der Waals surface area contributed by atoms with Gasteiger partial charge in [0.2, 0.25) is 5.91 Å². The SMILES string of the molecule is N#Cc1cc(Br)cc(Br)c1N1CC(CCl)CC1=O. The van der Waals surface area contributed by atoms with Crippen molar-refractivity contribution in [3.05, 3.63) is 26.6 Å². The maximum atomic E-state index is 12.0. The van der Waals surface area contributed by atoms with Crippen LogP contribution in [0, 0.1) is 17.2 Å². The van der Waals surface area contributed by atoms with Crippen molar-refractivity contribution in [3.63, 3.8) is 0 Å². The van der Waals surface area contributed by atoms with Gasteiger partial charge in [-0.05, 0) is 34.0 Å². The zero-order valence-electron chi connectivity index (χ0n) is 9.29. The molecule has 1 atom stereocenters. The summed E-state index contributed by atoms with van der Waals surface area (Å²) in [5.41, 5.74) is 1.11. The van der Waals surface area contributed by atoms with E-state index >= 15 is 0 Å². The molecule has 1 aromatic carbocycles. The Balaban J connectivity index is 2.46. The summed E-state index contributed by atoms with van der Waals surface area (Å²) in [6, 6.07) is 5.66. The van der Waals surface area contributed by atoms with Crippen molar-refractivity contribution in [2.24, 2.45) is 5.92 Å². The first-order chi connectivity index (χ1) is 8.56. The van der Waals surface area contributed by atoms with Crippen molar-refractivity contribution in [3.8, 4) is 6.07 Å². The minimum atomic E-state index is 0.0140. The highest BCUT2D eigenvalue weighted by molar-refractivity contribution is 9.11. The molecule has 1 fully saturated rings. The summed E-state index contributed by atoms with van der Waals surface area (Å²) in [7, 11) is 0. The van der Waals surface area contributed by atoms with Gasteiger partial charge < -0.3 is 4.90 Å². The van der Waals surface area contributed by atoms with Crippen LogP contribution < -0.4 is 4.90 Å². The van der Waals surface area contributed by atoms with Crippen LogP contribution in [-0.2, 0) is 4.79 Å². The van der Waals surface area contributed by atoms with E-state index in [0.717, 1.165) is 8.95 Å². The van der Waals surface area contributed by atoms with Gasteiger partial charge in [0.1, 0.15) is 6.07 Å². The number of rotatable bonds is 2. The fourth-order valence-electron chi connectivity index (χ4n) is 2.03. The molecule has 1 aliphatic rings. The van der Waals surface area contributed by atoms with Crippen molar-refractivity contribution in [2.45, 2.75) is 6.42 Å². The number of nitrogens with zero attached hydrogens (tertiary/aromatic N) is 2. The minimum Gasteiger partial charge on any atom is -0.310 e. The van der Waals surface area contributed by atoms with Crippen molar-refractivity contribution >= 4 is 55.1 Å². The zero-order valence-corrected chi connectivity index (χ0v) is 13.2. The van der Waals surface area contributed by atoms with Crippen LogP contribution in [0.15, 0.2) is 21.1 Å². The van der Waals surface area contributed by atoms with Crippen LogP contribution in [-0.4, -0.2) is 18.3 Å². The molecule has 0 N–H and O–H groups in total. The molecule has 1 unspecified atom stereocenters. The number of hydrogen-bond acceptors (Lipinski definition) is 2. The van der Waals surface area contributed by atoms with E-state index in [1.807, 2.05) is 6.07 Å². The Bertz CT molecular complexity index is 542. The van der Waals surface area contributed by atoms with Crippen molar-refractivity contribution in [1.82, 2.24) is 0 Å². The van der Waals surface area contributed by atoms with E-state index in [0.29, 0.717) is 30.1 Å². The van der Waals surface area contributed by atoms with Crippen LogP contribution in [0.2, 0.25) is 0 Å². The second-order valence-corrected chi connectivity index (χ2v) is 6.20. The molecule has 0 aromatic heterocycles. The number of halogens is 3. The van der Waals surface area contributed by atoms with Crippen LogP contribution in [0.25, 0.3) is 0 Å². The Morgan fingerprint density at radius 1 is 1.50 bits per heavy atom. The van der Waals surface area contributed by atoms with Crippen molar-refractivity contribution in [1.29, 1.82) is 5.26 Å². The Morgan fingerprint density at radius 3 is 2.78 bits per heavy atom. The molecule has 1 amide bonds. The molecular formula is C12H9Br2ClN2O. The van der Waals surface area contributed by atoms with Gasteiger partial charge in [0.15, 0.2) is 0 Å². The van der Waals surface area contributed by atoms with Crippen LogP contribution in [0.1, 0.15) is 12.0 Å². The Kier molecular flexibility index (Phi) is 4.31. The normalized spacial score (nSPS) is 19.1. The third kappa shape index (κ3) is 2.56. The summed E-state index contributed by atoms with van der Waals surface area (Å²) in [4.78, 5) is 13.6. The van der Waals surface area contributed by atoms with Crippen LogP contribution in [0.5, 0.6) is 0 Å². The Labute approximate surface area is 127 Å². The smallest absolute Gasteiger partial charge is 0.227 e. The lowest BCUT2D eigenvalue weighted by Gasteiger charge is -2.19. The largest absolute Gasteiger partial charge is 0.310 e. The second kappa shape index (κ2) is 5.60. The van der Waals surface area contributed by atoms with E-state index in [9.17, 15) is 10.1 Å². The van der Waals surface area contributed by atoms with Gasteiger partial charge in [-0.15, -0.1) is 11.6 Å². The molecule has 94 valence electrons. The van der Waals surface area contributed by atoms with Crippen molar-refractivity contribution < 1.29 is 4.79 Å². The predicted octanol–water partition coefficient (Wildman–Crippen LogP) is 3.67. The number of nitriles is 1. The third-order valence-corrected chi connectivity index (χ3v) is 4.34. The van der Waals surface area contributed by atoms with Crippen LogP contribution >= 0.6 is 43.5 Å². The lowest BCUT2D eigenvalue weighted by Crippen LogP contribution is -2.26. The van der Waals surface area contributed by atoms with Gasteiger partial charge in [-0.1, -0.05) is 15.9 Å². The van der Waals surface area contributed by atoms with Gasteiger partial charge in [0, 0.05) is 27.8 Å². The molecule has 1 saturated heterocycles. The molecule has 0 spiro atoms. The summed E-state index contributed by atoms with van der Waals surface area (Å²) in [5.74, 6) is 0.625. The van der Waals surface area contributed by atoms with Gasteiger partial charge in [0.25, 0.3) is 0 Å². The van der Waals surface area contributed by atoms with Gasteiger partial charge in [-0.3, -0.25) is 4.79 Å². The highest BCUT2D eigenvalue weighted by Gasteiger charge is 2.32. The number of anilines is 1. The topological polar surface area (TPSA) is 44.1 Å². The summed E-state index contributed by atoms with van der Waals surface area (Å²) in [6.07, 6.45) is 0.441. The van der Waals surface area contributed by atoms with Crippen LogP contribution in [0.3, 0.4) is 0 Å². The second-order valence-electron chi connectivity index (χ2n) is 4.12. The molecule has 0 aliphatic carbocycles. The van der Waals surface area contributed by atoms with Crippen molar-refractivity contribution in [2.75, 3.05) is 17.3 Å². The summed E-state index contributed by atoms with van der Waals surface area (Å²) >= 11 is 12.5. The molecule has 0 bridgehead atoms. The molecule has 0 radical (unpaired) electrons. The maximum absolute atomic E-state index is 12.0. The third-order valence-electron chi connectivity index (χ3n) is 2.84. The highest BCUT2D eigenvalue weighted by Crippen LogP contribution is 2.36. The quantitative estimate of drug-likeness (QED) is 0.721. The maximum Gasteiger partial charge on any atom is 0.227 e. The predicted molar refractivity (Wildman–Crippen MR) is 77.7 cm³/mol. The summed E-state index contributed by atoms with van der Waals surface area (Å²) in [6.45, 7) is 0.567.